The fourth-order valence-electron chi connectivity index (χ4n) is 3.44. The first-order chi connectivity index (χ1) is 7.26. The number of hydrogen-bond acceptors (Lipinski definition) is 2. The molecule has 1 saturated heterocycles. The van der Waals surface area contributed by atoms with Gasteiger partial charge in [-0.1, -0.05) is 19.8 Å². The summed E-state index contributed by atoms with van der Waals surface area (Å²) in [7, 11) is 0. The van der Waals surface area contributed by atoms with Crippen LogP contribution in [0.4, 0.5) is 0 Å². The van der Waals surface area contributed by atoms with E-state index in [0.29, 0.717) is 6.04 Å². The van der Waals surface area contributed by atoms with Crippen molar-refractivity contribution in [1.29, 1.82) is 0 Å². The highest BCUT2D eigenvalue weighted by molar-refractivity contribution is 4.97. The van der Waals surface area contributed by atoms with Crippen molar-refractivity contribution in [2.75, 3.05) is 13.2 Å². The summed E-state index contributed by atoms with van der Waals surface area (Å²) in [6.07, 6.45) is 8.12. The summed E-state index contributed by atoms with van der Waals surface area (Å²) in [5, 5.41) is 3.68. The topological polar surface area (TPSA) is 21.3 Å². The van der Waals surface area contributed by atoms with E-state index in [1.165, 1.54) is 38.5 Å². The Morgan fingerprint density at radius 3 is 2.60 bits per heavy atom. The molecule has 1 saturated carbocycles. The summed E-state index contributed by atoms with van der Waals surface area (Å²) in [5.41, 5.74) is 0.116. The Balaban J connectivity index is 2.03. The maximum Gasteiger partial charge on any atom is 0.0810 e. The van der Waals surface area contributed by atoms with Crippen LogP contribution in [-0.2, 0) is 4.74 Å². The van der Waals surface area contributed by atoms with Gasteiger partial charge in [0, 0.05) is 12.6 Å². The molecule has 2 nitrogen and oxygen atoms in total. The van der Waals surface area contributed by atoms with Crippen molar-refractivity contribution in [3.63, 3.8) is 0 Å². The summed E-state index contributed by atoms with van der Waals surface area (Å²) in [6, 6.07) is 0.590. The zero-order chi connectivity index (χ0) is 10.7. The standard InChI is InChI=1S/C13H25NO/c1-3-14-12(11-7-4-5-8-11)13(2)9-6-10-15-13/h11-12,14H,3-10H2,1-2H3. The molecule has 0 amide bonds. The van der Waals surface area contributed by atoms with E-state index in [1.54, 1.807) is 0 Å². The Hall–Kier alpha value is -0.0800. The normalized spacial score (nSPS) is 34.8. The lowest BCUT2D eigenvalue weighted by molar-refractivity contribution is -0.0276. The smallest absolute Gasteiger partial charge is 0.0810 e. The molecule has 0 bridgehead atoms. The first-order valence-corrected chi connectivity index (χ1v) is 6.63. The number of rotatable bonds is 4. The van der Waals surface area contributed by atoms with Crippen molar-refractivity contribution >= 4 is 0 Å². The van der Waals surface area contributed by atoms with Gasteiger partial charge in [0.2, 0.25) is 0 Å². The monoisotopic (exact) mass is 211 g/mol. The van der Waals surface area contributed by atoms with E-state index in [2.05, 4.69) is 19.2 Å². The zero-order valence-electron chi connectivity index (χ0n) is 10.2. The molecule has 2 unspecified atom stereocenters. The van der Waals surface area contributed by atoms with Crippen LogP contribution in [0.3, 0.4) is 0 Å². The van der Waals surface area contributed by atoms with Crippen LogP contribution in [0, 0.1) is 5.92 Å². The molecule has 1 aliphatic carbocycles. The van der Waals surface area contributed by atoms with Gasteiger partial charge in [-0.25, -0.2) is 0 Å². The van der Waals surface area contributed by atoms with Gasteiger partial charge < -0.3 is 10.1 Å². The predicted molar refractivity (Wildman–Crippen MR) is 63.0 cm³/mol. The second kappa shape index (κ2) is 4.84. The third kappa shape index (κ3) is 2.36. The highest BCUT2D eigenvalue weighted by Crippen LogP contribution is 2.38. The van der Waals surface area contributed by atoms with Crippen LogP contribution in [0.5, 0.6) is 0 Å². The molecule has 2 heteroatoms. The van der Waals surface area contributed by atoms with Crippen molar-refractivity contribution in [3.05, 3.63) is 0 Å². The quantitative estimate of drug-likeness (QED) is 0.772. The fourth-order valence-corrected chi connectivity index (χ4v) is 3.44. The molecular weight excluding hydrogens is 186 g/mol. The number of hydrogen-bond donors (Lipinski definition) is 1. The largest absolute Gasteiger partial charge is 0.374 e. The molecule has 0 aromatic heterocycles. The number of likely N-dealkylation sites (N-methyl/N-ethyl adjacent to an activating group) is 1. The minimum absolute atomic E-state index is 0.116. The molecule has 2 rings (SSSR count). The maximum atomic E-state index is 6.01. The predicted octanol–water partition coefficient (Wildman–Crippen LogP) is 2.72. The third-order valence-electron chi connectivity index (χ3n) is 4.20. The van der Waals surface area contributed by atoms with Gasteiger partial charge in [-0.15, -0.1) is 0 Å². The van der Waals surface area contributed by atoms with E-state index in [4.69, 9.17) is 4.74 Å². The second-order valence-corrected chi connectivity index (χ2v) is 5.34. The first kappa shape index (κ1) is 11.4. The zero-order valence-corrected chi connectivity index (χ0v) is 10.2. The van der Waals surface area contributed by atoms with Crippen LogP contribution in [0.25, 0.3) is 0 Å². The SMILES string of the molecule is CCNC(C1CCCC1)C1(C)CCCO1. The molecule has 1 heterocycles. The van der Waals surface area contributed by atoms with E-state index in [9.17, 15) is 0 Å². The van der Waals surface area contributed by atoms with Crippen molar-refractivity contribution < 1.29 is 4.74 Å². The molecule has 0 aromatic rings. The summed E-state index contributed by atoms with van der Waals surface area (Å²) >= 11 is 0. The molecule has 2 aliphatic rings. The van der Waals surface area contributed by atoms with Crippen molar-refractivity contribution in [2.45, 2.75) is 64.0 Å². The Labute approximate surface area is 93.8 Å². The van der Waals surface area contributed by atoms with E-state index in [0.717, 1.165) is 19.1 Å². The van der Waals surface area contributed by atoms with Gasteiger partial charge in [-0.3, -0.25) is 0 Å². The summed E-state index contributed by atoms with van der Waals surface area (Å²) in [6.45, 7) is 6.55. The van der Waals surface area contributed by atoms with Gasteiger partial charge in [0.1, 0.15) is 0 Å². The Kier molecular flexibility index (Phi) is 3.68. The van der Waals surface area contributed by atoms with E-state index in [-0.39, 0.29) is 5.60 Å². The minimum atomic E-state index is 0.116. The summed E-state index contributed by atoms with van der Waals surface area (Å²) in [5.74, 6) is 0.855. The molecule has 0 aromatic carbocycles. The third-order valence-corrected chi connectivity index (χ3v) is 4.20. The number of nitrogens with one attached hydrogen (secondary N) is 1. The highest BCUT2D eigenvalue weighted by atomic mass is 16.5. The maximum absolute atomic E-state index is 6.01. The number of ether oxygens (including phenoxy) is 1. The van der Waals surface area contributed by atoms with Crippen LogP contribution in [0.1, 0.15) is 52.4 Å². The molecule has 2 fully saturated rings. The van der Waals surface area contributed by atoms with Crippen LogP contribution >= 0.6 is 0 Å². The van der Waals surface area contributed by atoms with Crippen LogP contribution in [0.15, 0.2) is 0 Å². The molecular formula is C13H25NO. The average molecular weight is 211 g/mol. The Morgan fingerprint density at radius 1 is 1.33 bits per heavy atom. The van der Waals surface area contributed by atoms with Crippen molar-refractivity contribution in [3.8, 4) is 0 Å². The molecule has 0 spiro atoms. The lowest BCUT2D eigenvalue weighted by Crippen LogP contribution is -2.52. The van der Waals surface area contributed by atoms with Crippen LogP contribution in [-0.4, -0.2) is 24.8 Å². The van der Waals surface area contributed by atoms with Crippen LogP contribution in [0.2, 0.25) is 0 Å². The van der Waals surface area contributed by atoms with Crippen molar-refractivity contribution in [2.24, 2.45) is 5.92 Å². The Morgan fingerprint density at radius 2 is 2.07 bits per heavy atom. The Bertz CT molecular complexity index is 193. The van der Waals surface area contributed by atoms with Gasteiger partial charge in [0.25, 0.3) is 0 Å². The first-order valence-electron chi connectivity index (χ1n) is 6.63. The van der Waals surface area contributed by atoms with Gasteiger partial charge in [0.05, 0.1) is 5.60 Å². The summed E-state index contributed by atoms with van der Waals surface area (Å²) in [4.78, 5) is 0. The molecule has 1 aliphatic heterocycles. The average Bonchev–Trinajstić information content (AvgIpc) is 2.85. The second-order valence-electron chi connectivity index (χ2n) is 5.34. The van der Waals surface area contributed by atoms with E-state index < -0.39 is 0 Å². The van der Waals surface area contributed by atoms with E-state index in [1.807, 2.05) is 0 Å². The molecule has 88 valence electrons. The molecule has 0 radical (unpaired) electrons. The molecule has 15 heavy (non-hydrogen) atoms. The van der Waals surface area contributed by atoms with Gasteiger partial charge in [0.15, 0.2) is 0 Å². The molecule has 2 atom stereocenters. The minimum Gasteiger partial charge on any atom is -0.374 e. The van der Waals surface area contributed by atoms with Gasteiger partial charge in [-0.2, -0.15) is 0 Å². The summed E-state index contributed by atoms with van der Waals surface area (Å²) < 4.78 is 6.01. The van der Waals surface area contributed by atoms with Crippen LogP contribution < -0.4 is 5.32 Å². The highest BCUT2D eigenvalue weighted by Gasteiger charge is 2.42. The molecule has 1 N–H and O–H groups in total. The van der Waals surface area contributed by atoms with Gasteiger partial charge in [-0.05, 0) is 45.1 Å². The lowest BCUT2D eigenvalue weighted by Gasteiger charge is -2.38. The van der Waals surface area contributed by atoms with Crippen molar-refractivity contribution in [1.82, 2.24) is 5.32 Å². The fraction of sp³-hybridized carbons (Fsp3) is 1.00. The van der Waals surface area contributed by atoms with E-state index >= 15 is 0 Å². The van der Waals surface area contributed by atoms with Gasteiger partial charge >= 0.3 is 0 Å². The lowest BCUT2D eigenvalue weighted by atomic mass is 9.82.